The first kappa shape index (κ1) is 15.4. The van der Waals surface area contributed by atoms with Crippen LogP contribution in [-0.2, 0) is 0 Å². The summed E-state index contributed by atoms with van der Waals surface area (Å²) in [4.78, 5) is 0. The van der Waals surface area contributed by atoms with Crippen LogP contribution in [0.15, 0.2) is 36.4 Å². The minimum Gasteiger partial charge on any atom is -0.497 e. The van der Waals surface area contributed by atoms with Gasteiger partial charge in [0.05, 0.1) is 20.3 Å². The molecule has 1 atom stereocenters. The molecule has 0 amide bonds. The molecule has 0 saturated carbocycles. The summed E-state index contributed by atoms with van der Waals surface area (Å²) in [6.07, 6.45) is 0. The van der Waals surface area contributed by atoms with E-state index in [1.807, 2.05) is 25.2 Å². The summed E-state index contributed by atoms with van der Waals surface area (Å²) in [5, 5.41) is 3.37. The van der Waals surface area contributed by atoms with Gasteiger partial charge >= 0.3 is 0 Å². The Balaban J connectivity index is 2.51. The first-order valence-corrected chi connectivity index (χ1v) is 7.07. The molecule has 2 aromatic rings. The van der Waals surface area contributed by atoms with E-state index >= 15 is 0 Å². The highest BCUT2D eigenvalue weighted by Crippen LogP contribution is 2.33. The zero-order valence-corrected chi connectivity index (χ0v) is 13.4. The first-order chi connectivity index (χ1) is 10.1. The number of hydrogen-bond donors (Lipinski definition) is 1. The summed E-state index contributed by atoms with van der Waals surface area (Å²) in [5.74, 6) is 1.68. The number of ether oxygens (including phenoxy) is 2. The topological polar surface area (TPSA) is 30.5 Å². The molecule has 0 aliphatic heterocycles. The average Bonchev–Trinajstić information content (AvgIpc) is 2.51. The zero-order chi connectivity index (χ0) is 15.4. The lowest BCUT2D eigenvalue weighted by molar-refractivity contribution is 0.395. The molecule has 3 nitrogen and oxygen atoms in total. The van der Waals surface area contributed by atoms with Crippen LogP contribution in [0.1, 0.15) is 28.3 Å². The molecule has 0 aliphatic rings. The number of hydrogen-bond acceptors (Lipinski definition) is 3. The van der Waals surface area contributed by atoms with Crippen molar-refractivity contribution in [3.8, 4) is 11.5 Å². The monoisotopic (exact) mass is 285 g/mol. The standard InChI is InChI=1S/C18H23NO2/c1-12-6-7-14(10-13(12)2)18(19-3)16-11-15(20-4)8-9-17(16)21-5/h6-11,18-19H,1-5H3. The number of benzene rings is 2. The maximum Gasteiger partial charge on any atom is 0.124 e. The molecule has 0 bridgehead atoms. The number of nitrogens with one attached hydrogen (secondary N) is 1. The van der Waals surface area contributed by atoms with Crippen molar-refractivity contribution in [1.29, 1.82) is 0 Å². The molecule has 112 valence electrons. The predicted octanol–water partition coefficient (Wildman–Crippen LogP) is 3.63. The zero-order valence-electron chi connectivity index (χ0n) is 13.4. The van der Waals surface area contributed by atoms with E-state index < -0.39 is 0 Å². The molecule has 0 aromatic heterocycles. The molecule has 0 saturated heterocycles. The maximum absolute atomic E-state index is 5.51. The third kappa shape index (κ3) is 3.19. The van der Waals surface area contributed by atoms with Crippen molar-refractivity contribution in [3.63, 3.8) is 0 Å². The van der Waals surface area contributed by atoms with E-state index in [1.165, 1.54) is 16.7 Å². The summed E-state index contributed by atoms with van der Waals surface area (Å²) >= 11 is 0. The third-order valence-electron chi connectivity index (χ3n) is 3.90. The van der Waals surface area contributed by atoms with E-state index in [9.17, 15) is 0 Å². The SMILES string of the molecule is CNC(c1ccc(C)c(C)c1)c1cc(OC)ccc1OC. The average molecular weight is 285 g/mol. The van der Waals surface area contributed by atoms with Crippen molar-refractivity contribution >= 4 is 0 Å². The summed E-state index contributed by atoms with van der Waals surface area (Å²) in [6.45, 7) is 4.26. The van der Waals surface area contributed by atoms with Crippen LogP contribution < -0.4 is 14.8 Å². The summed E-state index contributed by atoms with van der Waals surface area (Å²) in [6, 6.07) is 12.5. The molecule has 3 heteroatoms. The van der Waals surface area contributed by atoms with Gasteiger partial charge in [0.15, 0.2) is 0 Å². The molecule has 2 aromatic carbocycles. The van der Waals surface area contributed by atoms with Gasteiger partial charge in [-0.15, -0.1) is 0 Å². The molecular weight excluding hydrogens is 262 g/mol. The van der Waals surface area contributed by atoms with Gasteiger partial charge in [-0.05, 0) is 55.8 Å². The van der Waals surface area contributed by atoms with E-state index in [0.29, 0.717) is 0 Å². The van der Waals surface area contributed by atoms with Gasteiger partial charge in [0.25, 0.3) is 0 Å². The highest BCUT2D eigenvalue weighted by Gasteiger charge is 2.18. The highest BCUT2D eigenvalue weighted by atomic mass is 16.5. The predicted molar refractivity (Wildman–Crippen MR) is 86.4 cm³/mol. The Bertz CT molecular complexity index is 623. The minimum absolute atomic E-state index is 0.0642. The molecular formula is C18H23NO2. The second-order valence-electron chi connectivity index (χ2n) is 5.17. The number of methoxy groups -OCH3 is 2. The van der Waals surface area contributed by atoms with E-state index in [2.05, 4.69) is 37.4 Å². The maximum atomic E-state index is 5.51. The van der Waals surface area contributed by atoms with Crippen LogP contribution in [0.3, 0.4) is 0 Å². The molecule has 1 unspecified atom stereocenters. The van der Waals surface area contributed by atoms with Crippen LogP contribution >= 0.6 is 0 Å². The Hall–Kier alpha value is -2.00. The fraction of sp³-hybridized carbons (Fsp3) is 0.333. The summed E-state index contributed by atoms with van der Waals surface area (Å²) in [7, 11) is 5.33. The lowest BCUT2D eigenvalue weighted by Crippen LogP contribution is -2.18. The molecule has 21 heavy (non-hydrogen) atoms. The Morgan fingerprint density at radius 1 is 0.905 bits per heavy atom. The van der Waals surface area contributed by atoms with Gasteiger partial charge in [-0.2, -0.15) is 0 Å². The Morgan fingerprint density at radius 3 is 2.24 bits per heavy atom. The van der Waals surface area contributed by atoms with Crippen molar-refractivity contribution in [2.24, 2.45) is 0 Å². The van der Waals surface area contributed by atoms with Crippen LogP contribution in [0.5, 0.6) is 11.5 Å². The molecule has 1 N–H and O–H groups in total. The molecule has 0 fully saturated rings. The van der Waals surface area contributed by atoms with Gasteiger partial charge in [0.1, 0.15) is 11.5 Å². The van der Waals surface area contributed by atoms with E-state index in [0.717, 1.165) is 17.1 Å². The number of aryl methyl sites for hydroxylation is 2. The lowest BCUT2D eigenvalue weighted by atomic mass is 9.95. The third-order valence-corrected chi connectivity index (χ3v) is 3.90. The Labute approximate surface area is 126 Å². The largest absolute Gasteiger partial charge is 0.497 e. The van der Waals surface area contributed by atoms with E-state index in [-0.39, 0.29) is 6.04 Å². The van der Waals surface area contributed by atoms with Crippen molar-refractivity contribution in [2.45, 2.75) is 19.9 Å². The Kier molecular flexibility index (Phi) is 4.86. The molecule has 0 aliphatic carbocycles. The van der Waals surface area contributed by atoms with Crippen LogP contribution in [0, 0.1) is 13.8 Å². The van der Waals surface area contributed by atoms with Crippen molar-refractivity contribution in [1.82, 2.24) is 5.32 Å². The van der Waals surface area contributed by atoms with Crippen LogP contribution in [0.25, 0.3) is 0 Å². The number of rotatable bonds is 5. The van der Waals surface area contributed by atoms with E-state index in [1.54, 1.807) is 14.2 Å². The van der Waals surface area contributed by atoms with Gasteiger partial charge in [0.2, 0.25) is 0 Å². The summed E-state index contributed by atoms with van der Waals surface area (Å²) < 4.78 is 10.9. The second-order valence-corrected chi connectivity index (χ2v) is 5.17. The second kappa shape index (κ2) is 6.64. The fourth-order valence-electron chi connectivity index (χ4n) is 2.51. The summed E-state index contributed by atoms with van der Waals surface area (Å²) in [5.41, 5.74) is 4.87. The molecule has 0 radical (unpaired) electrons. The quantitative estimate of drug-likeness (QED) is 0.910. The van der Waals surface area contributed by atoms with Gasteiger partial charge in [-0.3, -0.25) is 0 Å². The van der Waals surface area contributed by atoms with Crippen molar-refractivity contribution < 1.29 is 9.47 Å². The Morgan fingerprint density at radius 2 is 1.67 bits per heavy atom. The van der Waals surface area contributed by atoms with Crippen molar-refractivity contribution in [3.05, 3.63) is 58.7 Å². The smallest absolute Gasteiger partial charge is 0.124 e. The highest BCUT2D eigenvalue weighted by molar-refractivity contribution is 5.47. The van der Waals surface area contributed by atoms with Crippen molar-refractivity contribution in [2.75, 3.05) is 21.3 Å². The minimum atomic E-state index is 0.0642. The van der Waals surface area contributed by atoms with Crippen LogP contribution in [-0.4, -0.2) is 21.3 Å². The van der Waals surface area contributed by atoms with Gasteiger partial charge in [-0.1, -0.05) is 18.2 Å². The first-order valence-electron chi connectivity index (χ1n) is 7.07. The van der Waals surface area contributed by atoms with Crippen LogP contribution in [0.2, 0.25) is 0 Å². The van der Waals surface area contributed by atoms with Crippen LogP contribution in [0.4, 0.5) is 0 Å². The fourth-order valence-corrected chi connectivity index (χ4v) is 2.51. The lowest BCUT2D eigenvalue weighted by Gasteiger charge is -2.21. The van der Waals surface area contributed by atoms with Gasteiger partial charge in [-0.25, -0.2) is 0 Å². The van der Waals surface area contributed by atoms with E-state index in [4.69, 9.17) is 9.47 Å². The van der Waals surface area contributed by atoms with Gasteiger partial charge in [0, 0.05) is 5.56 Å². The molecule has 2 rings (SSSR count). The van der Waals surface area contributed by atoms with Gasteiger partial charge < -0.3 is 14.8 Å². The molecule has 0 heterocycles. The molecule has 0 spiro atoms. The normalized spacial score (nSPS) is 12.0.